The van der Waals surface area contributed by atoms with Crippen molar-refractivity contribution in [1.29, 1.82) is 0 Å². The highest BCUT2D eigenvalue weighted by Gasteiger charge is 2.41. The van der Waals surface area contributed by atoms with Crippen LogP contribution in [0.4, 0.5) is 0 Å². The number of hydrogen-bond acceptors (Lipinski definition) is 2. The Balaban J connectivity index is 0.00000144. The van der Waals surface area contributed by atoms with Crippen LogP contribution >= 0.6 is 28.3 Å². The second-order valence-electron chi connectivity index (χ2n) is 4.01. The summed E-state index contributed by atoms with van der Waals surface area (Å²) in [6, 6.07) is 7.53. The first-order chi connectivity index (χ1) is 7.65. The Kier molecular flexibility index (Phi) is 4.98. The Morgan fingerprint density at radius 1 is 1.24 bits per heavy atom. The lowest BCUT2D eigenvalue weighted by Gasteiger charge is -2.33. The van der Waals surface area contributed by atoms with E-state index in [4.69, 9.17) is 4.74 Å². The smallest absolute Gasteiger partial charge is 0.314 e. The maximum Gasteiger partial charge on any atom is 0.314 e. The quantitative estimate of drug-likeness (QED) is 0.911. The molecule has 0 atom stereocenters. The van der Waals surface area contributed by atoms with Gasteiger partial charge in [0.25, 0.3) is 0 Å². The third-order valence-electron chi connectivity index (χ3n) is 3.15. The van der Waals surface area contributed by atoms with Gasteiger partial charge in [0.05, 0.1) is 5.41 Å². The highest BCUT2D eigenvalue weighted by molar-refractivity contribution is 9.10. The fourth-order valence-electron chi connectivity index (χ4n) is 2.11. The molecule has 1 aromatic carbocycles. The van der Waals surface area contributed by atoms with E-state index in [9.17, 15) is 9.90 Å². The van der Waals surface area contributed by atoms with E-state index in [1.807, 2.05) is 24.3 Å². The molecule has 3 nitrogen and oxygen atoms in total. The van der Waals surface area contributed by atoms with Crippen molar-refractivity contribution >= 4 is 34.3 Å². The van der Waals surface area contributed by atoms with E-state index in [1.54, 1.807) is 0 Å². The van der Waals surface area contributed by atoms with Gasteiger partial charge in [-0.25, -0.2) is 0 Å². The highest BCUT2D eigenvalue weighted by Crippen LogP contribution is 2.35. The van der Waals surface area contributed by atoms with Crippen LogP contribution in [0.2, 0.25) is 0 Å². The summed E-state index contributed by atoms with van der Waals surface area (Å²) in [5.74, 6) is -0.752. The molecule has 1 aliphatic heterocycles. The lowest BCUT2D eigenvalue weighted by molar-refractivity contribution is -0.147. The maximum absolute atomic E-state index is 11.5. The van der Waals surface area contributed by atoms with Crippen molar-refractivity contribution in [3.63, 3.8) is 0 Å². The number of benzene rings is 1. The van der Waals surface area contributed by atoms with Crippen molar-refractivity contribution in [1.82, 2.24) is 0 Å². The van der Waals surface area contributed by atoms with Crippen LogP contribution < -0.4 is 0 Å². The van der Waals surface area contributed by atoms with Crippen molar-refractivity contribution < 1.29 is 14.6 Å². The first-order valence-electron chi connectivity index (χ1n) is 5.22. The molecule has 2 rings (SSSR count). The van der Waals surface area contributed by atoms with E-state index >= 15 is 0 Å². The van der Waals surface area contributed by atoms with E-state index in [-0.39, 0.29) is 12.4 Å². The molecule has 0 amide bonds. The molecule has 0 radical (unpaired) electrons. The molecular weight excluding hydrogens is 307 g/mol. The van der Waals surface area contributed by atoms with Crippen molar-refractivity contribution in [2.45, 2.75) is 18.3 Å². The molecule has 5 heteroatoms. The fraction of sp³-hybridized carbons (Fsp3) is 0.417. The van der Waals surface area contributed by atoms with Gasteiger partial charge in [-0.1, -0.05) is 28.1 Å². The van der Waals surface area contributed by atoms with Gasteiger partial charge in [0.15, 0.2) is 0 Å². The third kappa shape index (κ3) is 2.81. The molecule has 0 unspecified atom stereocenters. The number of rotatable bonds is 2. The number of ether oxygens (including phenoxy) is 1. The van der Waals surface area contributed by atoms with E-state index in [2.05, 4.69) is 15.9 Å². The summed E-state index contributed by atoms with van der Waals surface area (Å²) >= 11 is 3.35. The van der Waals surface area contributed by atoms with Crippen LogP contribution in [0.1, 0.15) is 18.4 Å². The second-order valence-corrected chi connectivity index (χ2v) is 4.92. The predicted molar refractivity (Wildman–Crippen MR) is 70.8 cm³/mol. The van der Waals surface area contributed by atoms with Crippen LogP contribution in [0.3, 0.4) is 0 Å². The standard InChI is InChI=1S/C12H13BrO3.ClH/c13-10-3-1-9(2-4-10)12(11(14)15)5-7-16-8-6-12;/h1-4H,5-8H2,(H,14,15);1H. The van der Waals surface area contributed by atoms with Gasteiger partial charge in [-0.3, -0.25) is 4.79 Å². The van der Waals surface area contributed by atoms with Crippen LogP contribution in [-0.4, -0.2) is 24.3 Å². The molecule has 1 fully saturated rings. The molecule has 1 aliphatic rings. The third-order valence-corrected chi connectivity index (χ3v) is 3.68. The molecule has 0 spiro atoms. The molecule has 1 aromatic rings. The van der Waals surface area contributed by atoms with E-state index in [0.29, 0.717) is 26.1 Å². The lowest BCUT2D eigenvalue weighted by Crippen LogP contribution is -2.41. The zero-order valence-corrected chi connectivity index (χ0v) is 11.6. The number of carboxylic acids is 1. The van der Waals surface area contributed by atoms with Gasteiger partial charge in [0.1, 0.15) is 0 Å². The fourth-order valence-corrected chi connectivity index (χ4v) is 2.38. The van der Waals surface area contributed by atoms with E-state index in [1.165, 1.54) is 0 Å². The molecule has 17 heavy (non-hydrogen) atoms. The first-order valence-corrected chi connectivity index (χ1v) is 6.02. The van der Waals surface area contributed by atoms with Crippen LogP contribution in [0.25, 0.3) is 0 Å². The SMILES string of the molecule is Cl.O=C(O)C1(c2ccc(Br)cc2)CCOCC1. The van der Waals surface area contributed by atoms with Gasteiger partial charge in [-0.05, 0) is 30.5 Å². The Hall–Kier alpha value is -0.580. The Morgan fingerprint density at radius 3 is 2.24 bits per heavy atom. The first kappa shape index (κ1) is 14.5. The molecule has 0 aliphatic carbocycles. The second kappa shape index (κ2) is 5.85. The van der Waals surface area contributed by atoms with Gasteiger partial charge in [-0.15, -0.1) is 12.4 Å². The van der Waals surface area contributed by atoms with Crippen LogP contribution in [0.15, 0.2) is 28.7 Å². The van der Waals surface area contributed by atoms with Crippen molar-refractivity contribution in [3.8, 4) is 0 Å². The van der Waals surface area contributed by atoms with Crippen LogP contribution in [-0.2, 0) is 14.9 Å². The summed E-state index contributed by atoms with van der Waals surface area (Å²) < 4.78 is 6.21. The number of carbonyl (C=O) groups is 1. The number of hydrogen-bond donors (Lipinski definition) is 1. The molecular formula is C12H14BrClO3. The summed E-state index contributed by atoms with van der Waals surface area (Å²) in [6.07, 6.45) is 1.09. The number of aliphatic carboxylic acids is 1. The Labute approximate surface area is 115 Å². The summed E-state index contributed by atoms with van der Waals surface area (Å²) in [5, 5.41) is 9.44. The maximum atomic E-state index is 11.5. The Bertz CT molecular complexity index is 385. The molecule has 1 N–H and O–H groups in total. The minimum absolute atomic E-state index is 0. The molecule has 1 saturated heterocycles. The van der Waals surface area contributed by atoms with Crippen LogP contribution in [0, 0.1) is 0 Å². The summed E-state index contributed by atoms with van der Waals surface area (Å²) in [4.78, 5) is 11.5. The molecule has 94 valence electrons. The van der Waals surface area contributed by atoms with Crippen molar-refractivity contribution in [2.75, 3.05) is 13.2 Å². The van der Waals surface area contributed by atoms with Gasteiger partial charge in [0.2, 0.25) is 0 Å². The number of halogens is 2. The average molecular weight is 322 g/mol. The summed E-state index contributed by atoms with van der Waals surface area (Å²) in [5.41, 5.74) is 0.102. The van der Waals surface area contributed by atoms with E-state index in [0.717, 1.165) is 10.0 Å². The molecule has 0 bridgehead atoms. The zero-order valence-electron chi connectivity index (χ0n) is 9.19. The lowest BCUT2D eigenvalue weighted by atomic mass is 9.74. The molecule has 0 saturated carbocycles. The highest BCUT2D eigenvalue weighted by atomic mass is 79.9. The van der Waals surface area contributed by atoms with Crippen molar-refractivity contribution in [3.05, 3.63) is 34.3 Å². The van der Waals surface area contributed by atoms with Gasteiger partial charge < -0.3 is 9.84 Å². The van der Waals surface area contributed by atoms with Gasteiger partial charge in [-0.2, -0.15) is 0 Å². The van der Waals surface area contributed by atoms with Crippen molar-refractivity contribution in [2.24, 2.45) is 0 Å². The summed E-state index contributed by atoms with van der Waals surface area (Å²) in [7, 11) is 0. The normalized spacial score (nSPS) is 18.2. The number of carboxylic acid groups (broad SMARTS) is 1. The minimum Gasteiger partial charge on any atom is -0.481 e. The van der Waals surface area contributed by atoms with E-state index < -0.39 is 11.4 Å². The van der Waals surface area contributed by atoms with Gasteiger partial charge in [0, 0.05) is 17.7 Å². The summed E-state index contributed by atoms with van der Waals surface area (Å²) in [6.45, 7) is 1.03. The Morgan fingerprint density at radius 2 is 1.76 bits per heavy atom. The largest absolute Gasteiger partial charge is 0.481 e. The average Bonchev–Trinajstić information content (AvgIpc) is 2.30. The van der Waals surface area contributed by atoms with Gasteiger partial charge >= 0.3 is 5.97 Å². The monoisotopic (exact) mass is 320 g/mol. The van der Waals surface area contributed by atoms with Crippen LogP contribution in [0.5, 0.6) is 0 Å². The topological polar surface area (TPSA) is 46.5 Å². The molecule has 0 aromatic heterocycles. The minimum atomic E-state index is -0.765. The zero-order chi connectivity index (χ0) is 11.6. The predicted octanol–water partition coefficient (Wildman–Crippen LogP) is 3.00. The molecule has 1 heterocycles.